The maximum Gasteiger partial charge on any atom is 0.0355 e. The van der Waals surface area contributed by atoms with Crippen molar-refractivity contribution in [3.63, 3.8) is 0 Å². The number of thiophene rings is 1. The van der Waals surface area contributed by atoms with E-state index in [1.165, 1.54) is 65.0 Å². The van der Waals surface area contributed by atoms with Gasteiger partial charge in [-0.25, -0.2) is 0 Å². The van der Waals surface area contributed by atoms with E-state index in [0.717, 1.165) is 6.42 Å². The van der Waals surface area contributed by atoms with E-state index in [0.29, 0.717) is 0 Å². The van der Waals surface area contributed by atoms with Crippen molar-refractivity contribution >= 4 is 33.1 Å². The van der Waals surface area contributed by atoms with E-state index in [9.17, 15) is 0 Å². The summed E-state index contributed by atoms with van der Waals surface area (Å²) in [5.74, 6) is 0. The Morgan fingerprint density at radius 2 is 1.00 bits per heavy atom. The molecule has 0 atom stereocenters. The van der Waals surface area contributed by atoms with E-state index < -0.39 is 0 Å². The molecule has 170 valence electrons. The fraction of sp³-hybridized carbons (Fsp3) is 0.0286. The third-order valence-corrected chi connectivity index (χ3v) is 8.28. The van der Waals surface area contributed by atoms with Crippen molar-refractivity contribution in [1.29, 1.82) is 0 Å². The average Bonchev–Trinajstić information content (AvgIpc) is 3.56. The van der Waals surface area contributed by atoms with Crippen LogP contribution in [0.5, 0.6) is 0 Å². The topological polar surface area (TPSA) is 0 Å². The molecule has 0 bridgehead atoms. The first-order chi connectivity index (χ1) is 17.8. The van der Waals surface area contributed by atoms with Gasteiger partial charge in [0.15, 0.2) is 0 Å². The summed E-state index contributed by atoms with van der Waals surface area (Å²) in [6.07, 6.45) is 3.37. The second-order valence-corrected chi connectivity index (χ2v) is 10.5. The minimum Gasteiger partial charge on any atom is -0.135 e. The van der Waals surface area contributed by atoms with Crippen LogP contribution in [0.2, 0.25) is 0 Å². The fourth-order valence-electron chi connectivity index (χ4n) is 5.17. The van der Waals surface area contributed by atoms with Gasteiger partial charge in [0, 0.05) is 9.58 Å². The predicted octanol–water partition coefficient (Wildman–Crippen LogP) is 10.00. The highest BCUT2D eigenvalue weighted by Gasteiger charge is 2.17. The zero-order valence-corrected chi connectivity index (χ0v) is 20.6. The SMILES string of the molecule is C1=C(c2ccc(-c3ccccc3)cc2)Cc2cc3cc(-c4ccc(-c5ccccc5)cc4)sc3cc21. The molecule has 1 aliphatic rings. The van der Waals surface area contributed by atoms with E-state index in [4.69, 9.17) is 0 Å². The summed E-state index contributed by atoms with van der Waals surface area (Å²) in [7, 11) is 0. The Labute approximate surface area is 215 Å². The quantitative estimate of drug-likeness (QED) is 0.237. The molecule has 1 aromatic heterocycles. The van der Waals surface area contributed by atoms with Gasteiger partial charge in [0.25, 0.3) is 0 Å². The first-order valence-corrected chi connectivity index (χ1v) is 13.2. The van der Waals surface area contributed by atoms with Crippen LogP contribution in [0, 0.1) is 0 Å². The summed E-state index contributed by atoms with van der Waals surface area (Å²) in [5.41, 5.74) is 11.8. The van der Waals surface area contributed by atoms with Crippen LogP contribution in [0.1, 0.15) is 16.7 Å². The predicted molar refractivity (Wildman–Crippen MR) is 156 cm³/mol. The number of rotatable bonds is 4. The Balaban J connectivity index is 1.15. The molecule has 0 saturated carbocycles. The second kappa shape index (κ2) is 8.78. The molecule has 0 spiro atoms. The molecule has 5 aromatic carbocycles. The molecule has 0 unspecified atom stereocenters. The van der Waals surface area contributed by atoms with Gasteiger partial charge >= 0.3 is 0 Å². The number of hydrogen-bond donors (Lipinski definition) is 0. The molecular formula is C35H24S. The Morgan fingerprint density at radius 1 is 0.472 bits per heavy atom. The third-order valence-electron chi connectivity index (χ3n) is 7.13. The van der Waals surface area contributed by atoms with Gasteiger partial charge in [0.2, 0.25) is 0 Å². The summed E-state index contributed by atoms with van der Waals surface area (Å²) in [6.45, 7) is 0. The number of hydrogen-bond acceptors (Lipinski definition) is 1. The molecule has 36 heavy (non-hydrogen) atoms. The first-order valence-electron chi connectivity index (χ1n) is 12.4. The maximum atomic E-state index is 2.39. The van der Waals surface area contributed by atoms with Gasteiger partial charge in [-0.15, -0.1) is 11.3 Å². The Morgan fingerprint density at radius 3 is 1.61 bits per heavy atom. The van der Waals surface area contributed by atoms with Gasteiger partial charge in [-0.05, 0) is 80.1 Å². The highest BCUT2D eigenvalue weighted by Crippen LogP contribution is 2.40. The first kappa shape index (κ1) is 21.1. The molecule has 0 aliphatic heterocycles. The van der Waals surface area contributed by atoms with Gasteiger partial charge in [-0.3, -0.25) is 0 Å². The summed E-state index contributed by atoms with van der Waals surface area (Å²) in [4.78, 5) is 1.33. The van der Waals surface area contributed by atoms with Crippen LogP contribution in [0.4, 0.5) is 0 Å². The van der Waals surface area contributed by atoms with Crippen LogP contribution in [0.3, 0.4) is 0 Å². The Bertz CT molecular complexity index is 1700. The van der Waals surface area contributed by atoms with Gasteiger partial charge in [-0.1, -0.05) is 115 Å². The summed E-state index contributed by atoms with van der Waals surface area (Å²) in [6, 6.07) is 46.2. The van der Waals surface area contributed by atoms with Gasteiger partial charge in [-0.2, -0.15) is 0 Å². The molecule has 1 aliphatic carbocycles. The lowest BCUT2D eigenvalue weighted by Gasteiger charge is -2.05. The standard InChI is InChI=1S/C35H24S/c1-3-7-24(8-4-1)26-11-13-28(14-12-26)30-19-31-21-33-23-34(36-35(33)22-32(31)20-30)29-17-15-27(16-18-29)25-9-5-2-6-10-25/h1-18,20-23H,19H2. The lowest BCUT2D eigenvalue weighted by molar-refractivity contribution is 1.33. The van der Waals surface area contributed by atoms with Crippen molar-refractivity contribution in [3.8, 4) is 32.7 Å². The summed E-state index contributed by atoms with van der Waals surface area (Å²) < 4.78 is 1.35. The van der Waals surface area contributed by atoms with Crippen LogP contribution < -0.4 is 0 Å². The van der Waals surface area contributed by atoms with Crippen molar-refractivity contribution in [3.05, 3.63) is 144 Å². The van der Waals surface area contributed by atoms with Crippen LogP contribution >= 0.6 is 11.3 Å². The van der Waals surface area contributed by atoms with Crippen molar-refractivity contribution in [2.24, 2.45) is 0 Å². The molecule has 7 rings (SSSR count). The smallest absolute Gasteiger partial charge is 0.0355 e. The van der Waals surface area contributed by atoms with Crippen molar-refractivity contribution in [2.45, 2.75) is 6.42 Å². The molecule has 1 heteroatoms. The van der Waals surface area contributed by atoms with E-state index in [1.54, 1.807) is 0 Å². The highest BCUT2D eigenvalue weighted by molar-refractivity contribution is 7.22. The van der Waals surface area contributed by atoms with Gasteiger partial charge in [0.05, 0.1) is 0 Å². The molecular weight excluding hydrogens is 452 g/mol. The lowest BCUT2D eigenvalue weighted by Crippen LogP contribution is -1.86. The fourth-order valence-corrected chi connectivity index (χ4v) is 6.27. The van der Waals surface area contributed by atoms with Gasteiger partial charge in [0.1, 0.15) is 0 Å². The normalized spacial score (nSPS) is 12.5. The zero-order chi connectivity index (χ0) is 23.9. The highest BCUT2D eigenvalue weighted by atomic mass is 32.1. The van der Waals surface area contributed by atoms with Crippen molar-refractivity contribution in [2.75, 3.05) is 0 Å². The van der Waals surface area contributed by atoms with Crippen LogP contribution in [0.15, 0.2) is 127 Å². The van der Waals surface area contributed by atoms with E-state index in [1.807, 2.05) is 11.3 Å². The minimum atomic E-state index is 0.993. The molecule has 1 heterocycles. The number of allylic oxidation sites excluding steroid dienone is 1. The van der Waals surface area contributed by atoms with Crippen LogP contribution in [-0.2, 0) is 6.42 Å². The summed E-state index contributed by atoms with van der Waals surface area (Å²) in [5, 5.41) is 1.34. The Kier molecular flexibility index (Phi) is 5.15. The Hall–Kier alpha value is -4.20. The molecule has 6 aromatic rings. The van der Waals surface area contributed by atoms with Crippen LogP contribution in [-0.4, -0.2) is 0 Å². The number of benzene rings is 5. The molecule has 0 N–H and O–H groups in total. The molecule has 0 saturated heterocycles. The molecule has 0 radical (unpaired) electrons. The van der Waals surface area contributed by atoms with Crippen LogP contribution in [0.25, 0.3) is 54.4 Å². The minimum absolute atomic E-state index is 0.993. The molecule has 0 fully saturated rings. The maximum absolute atomic E-state index is 2.39. The second-order valence-electron chi connectivity index (χ2n) is 9.43. The van der Waals surface area contributed by atoms with Crippen molar-refractivity contribution in [1.82, 2.24) is 0 Å². The third kappa shape index (κ3) is 3.88. The lowest BCUT2D eigenvalue weighted by atomic mass is 9.99. The van der Waals surface area contributed by atoms with E-state index in [-0.39, 0.29) is 0 Å². The average molecular weight is 477 g/mol. The van der Waals surface area contributed by atoms with Gasteiger partial charge < -0.3 is 0 Å². The number of fused-ring (bicyclic) bond motifs is 2. The largest absolute Gasteiger partial charge is 0.135 e. The van der Waals surface area contributed by atoms with Crippen molar-refractivity contribution < 1.29 is 0 Å². The summed E-state index contributed by atoms with van der Waals surface area (Å²) >= 11 is 1.89. The van der Waals surface area contributed by atoms with E-state index >= 15 is 0 Å². The molecule has 0 nitrogen and oxygen atoms in total. The monoisotopic (exact) mass is 476 g/mol. The zero-order valence-electron chi connectivity index (χ0n) is 19.8. The van der Waals surface area contributed by atoms with E-state index in [2.05, 4.69) is 133 Å². The molecule has 0 amide bonds.